The summed E-state index contributed by atoms with van der Waals surface area (Å²) in [7, 11) is 0. The van der Waals surface area contributed by atoms with Gasteiger partial charge in [-0.1, -0.05) is 38.5 Å². The molecule has 0 aromatic heterocycles. The van der Waals surface area contributed by atoms with E-state index in [1.54, 1.807) is 0 Å². The smallest absolute Gasteiger partial charge is 0.0414 e. The maximum Gasteiger partial charge on any atom is 0.0414 e. The second-order valence-corrected chi connectivity index (χ2v) is 7.33. The first-order chi connectivity index (χ1) is 9.97. The average molecular weight is 288 g/mol. The minimum atomic E-state index is 0.653. The molecule has 2 atom stereocenters. The Morgan fingerprint density at radius 3 is 2.71 bits per heavy atom. The summed E-state index contributed by atoms with van der Waals surface area (Å²) in [5.41, 5.74) is 4.26. The molecule has 0 saturated carbocycles. The van der Waals surface area contributed by atoms with E-state index >= 15 is 0 Å². The van der Waals surface area contributed by atoms with Crippen LogP contribution in [0.15, 0.2) is 18.2 Å². The summed E-state index contributed by atoms with van der Waals surface area (Å²) in [5.74, 6) is 1.57. The molecule has 0 aliphatic carbocycles. The van der Waals surface area contributed by atoms with Crippen LogP contribution >= 0.6 is 0 Å². The van der Waals surface area contributed by atoms with Crippen molar-refractivity contribution >= 4 is 5.69 Å². The van der Waals surface area contributed by atoms with Gasteiger partial charge < -0.3 is 10.2 Å². The molecule has 0 amide bonds. The molecule has 1 saturated heterocycles. The molecule has 1 aliphatic heterocycles. The van der Waals surface area contributed by atoms with Crippen LogP contribution in [-0.2, 0) is 6.54 Å². The van der Waals surface area contributed by atoms with E-state index in [1.807, 2.05) is 0 Å². The van der Waals surface area contributed by atoms with Gasteiger partial charge in [-0.15, -0.1) is 0 Å². The average Bonchev–Trinajstić information content (AvgIpc) is 2.39. The van der Waals surface area contributed by atoms with Gasteiger partial charge in [0.2, 0.25) is 0 Å². The monoisotopic (exact) mass is 288 g/mol. The Balaban J connectivity index is 2.14. The molecule has 0 radical (unpaired) electrons. The maximum absolute atomic E-state index is 3.60. The van der Waals surface area contributed by atoms with Crippen molar-refractivity contribution < 1.29 is 0 Å². The lowest BCUT2D eigenvalue weighted by molar-refractivity contribution is 0.377. The van der Waals surface area contributed by atoms with Crippen molar-refractivity contribution in [1.29, 1.82) is 0 Å². The number of piperidine rings is 1. The van der Waals surface area contributed by atoms with Gasteiger partial charge in [0.05, 0.1) is 0 Å². The fraction of sp³-hybridized carbons (Fsp3) is 0.684. The third kappa shape index (κ3) is 4.47. The van der Waals surface area contributed by atoms with Crippen LogP contribution in [0, 0.1) is 18.8 Å². The zero-order valence-corrected chi connectivity index (χ0v) is 14.4. The topological polar surface area (TPSA) is 15.3 Å². The van der Waals surface area contributed by atoms with Crippen molar-refractivity contribution in [2.45, 2.75) is 60.0 Å². The van der Waals surface area contributed by atoms with E-state index < -0.39 is 0 Å². The molecule has 2 nitrogen and oxygen atoms in total. The number of benzene rings is 1. The van der Waals surface area contributed by atoms with Crippen molar-refractivity contribution in [3.8, 4) is 0 Å². The van der Waals surface area contributed by atoms with Gasteiger partial charge in [0.15, 0.2) is 0 Å². The largest absolute Gasteiger partial charge is 0.369 e. The SMILES string of the molecule is Cc1ccc(N2CCC(C)CC2C)c(CNCC(C)C)c1. The Morgan fingerprint density at radius 1 is 1.29 bits per heavy atom. The molecule has 1 aromatic rings. The highest BCUT2D eigenvalue weighted by atomic mass is 15.2. The summed E-state index contributed by atoms with van der Waals surface area (Å²) in [6, 6.07) is 7.59. The van der Waals surface area contributed by atoms with Crippen LogP contribution in [0.25, 0.3) is 0 Å². The van der Waals surface area contributed by atoms with Gasteiger partial charge in [-0.2, -0.15) is 0 Å². The second-order valence-electron chi connectivity index (χ2n) is 7.33. The van der Waals surface area contributed by atoms with Crippen molar-refractivity contribution in [2.24, 2.45) is 11.8 Å². The molecule has 1 fully saturated rings. The maximum atomic E-state index is 3.60. The van der Waals surface area contributed by atoms with Crippen molar-refractivity contribution in [1.82, 2.24) is 5.32 Å². The molecule has 2 heteroatoms. The number of rotatable bonds is 5. The van der Waals surface area contributed by atoms with E-state index in [2.05, 4.69) is 63.0 Å². The highest BCUT2D eigenvalue weighted by Crippen LogP contribution is 2.30. The molecule has 21 heavy (non-hydrogen) atoms. The first-order valence-electron chi connectivity index (χ1n) is 8.54. The van der Waals surface area contributed by atoms with Crippen LogP contribution in [0.3, 0.4) is 0 Å². The third-order valence-electron chi connectivity index (χ3n) is 4.55. The van der Waals surface area contributed by atoms with Gasteiger partial charge in [0.25, 0.3) is 0 Å². The quantitative estimate of drug-likeness (QED) is 0.865. The normalized spacial score (nSPS) is 22.9. The van der Waals surface area contributed by atoms with Crippen molar-refractivity contribution in [3.63, 3.8) is 0 Å². The Morgan fingerprint density at radius 2 is 2.05 bits per heavy atom. The first kappa shape index (κ1) is 16.4. The van der Waals surface area contributed by atoms with Gasteiger partial charge in [-0.25, -0.2) is 0 Å². The summed E-state index contributed by atoms with van der Waals surface area (Å²) in [6.07, 6.45) is 2.63. The summed E-state index contributed by atoms with van der Waals surface area (Å²) < 4.78 is 0. The fourth-order valence-electron chi connectivity index (χ4n) is 3.40. The fourth-order valence-corrected chi connectivity index (χ4v) is 3.40. The highest BCUT2D eigenvalue weighted by molar-refractivity contribution is 5.56. The van der Waals surface area contributed by atoms with Crippen LogP contribution in [0.4, 0.5) is 5.69 Å². The van der Waals surface area contributed by atoms with E-state index in [4.69, 9.17) is 0 Å². The molecule has 1 aliphatic rings. The van der Waals surface area contributed by atoms with Crippen LogP contribution in [0.1, 0.15) is 51.7 Å². The molecule has 1 aromatic carbocycles. The molecular weight excluding hydrogens is 256 g/mol. The van der Waals surface area contributed by atoms with Gasteiger partial charge in [-0.05, 0) is 56.7 Å². The van der Waals surface area contributed by atoms with Crippen molar-refractivity contribution in [2.75, 3.05) is 18.0 Å². The van der Waals surface area contributed by atoms with E-state index in [0.29, 0.717) is 12.0 Å². The lowest BCUT2D eigenvalue weighted by Gasteiger charge is -2.39. The highest BCUT2D eigenvalue weighted by Gasteiger charge is 2.24. The molecule has 118 valence electrons. The minimum Gasteiger partial charge on any atom is -0.369 e. The van der Waals surface area contributed by atoms with Crippen LogP contribution in [0.5, 0.6) is 0 Å². The van der Waals surface area contributed by atoms with Gasteiger partial charge >= 0.3 is 0 Å². The summed E-state index contributed by atoms with van der Waals surface area (Å²) >= 11 is 0. The predicted octanol–water partition coefficient (Wildman–Crippen LogP) is 4.37. The number of nitrogens with zero attached hydrogens (tertiary/aromatic N) is 1. The Kier molecular flexibility index (Phi) is 5.69. The predicted molar refractivity (Wildman–Crippen MR) is 92.9 cm³/mol. The van der Waals surface area contributed by atoms with E-state index in [1.165, 1.54) is 36.2 Å². The summed E-state index contributed by atoms with van der Waals surface area (Å²) in [4.78, 5) is 2.62. The Hall–Kier alpha value is -1.02. The molecule has 2 rings (SSSR count). The standard InChI is InChI=1S/C19H32N2/c1-14(2)12-20-13-18-11-15(3)6-7-19(18)21-9-8-16(4)10-17(21)5/h6-7,11,14,16-17,20H,8-10,12-13H2,1-5H3. The number of aryl methyl sites for hydroxylation is 1. The molecule has 0 bridgehead atoms. The van der Waals surface area contributed by atoms with E-state index in [0.717, 1.165) is 19.0 Å². The Bertz CT molecular complexity index is 453. The first-order valence-corrected chi connectivity index (χ1v) is 8.54. The number of anilines is 1. The second kappa shape index (κ2) is 7.31. The van der Waals surface area contributed by atoms with Crippen molar-refractivity contribution in [3.05, 3.63) is 29.3 Å². The molecule has 0 spiro atoms. The molecule has 2 unspecified atom stereocenters. The summed E-state index contributed by atoms with van der Waals surface area (Å²) in [6.45, 7) is 14.7. The van der Waals surface area contributed by atoms with Crippen LogP contribution < -0.4 is 10.2 Å². The van der Waals surface area contributed by atoms with E-state index in [-0.39, 0.29) is 0 Å². The molecule has 1 N–H and O–H groups in total. The van der Waals surface area contributed by atoms with Crippen LogP contribution in [-0.4, -0.2) is 19.1 Å². The van der Waals surface area contributed by atoms with Gasteiger partial charge in [-0.3, -0.25) is 0 Å². The molecule has 1 heterocycles. The lowest BCUT2D eigenvalue weighted by atomic mass is 9.92. The Labute approximate surface area is 130 Å². The summed E-state index contributed by atoms with van der Waals surface area (Å²) in [5, 5.41) is 3.60. The number of hydrogen-bond acceptors (Lipinski definition) is 2. The van der Waals surface area contributed by atoms with Gasteiger partial charge in [0.1, 0.15) is 0 Å². The van der Waals surface area contributed by atoms with E-state index in [9.17, 15) is 0 Å². The van der Waals surface area contributed by atoms with Gasteiger partial charge in [0, 0.05) is 24.8 Å². The lowest BCUT2D eigenvalue weighted by Crippen LogP contribution is -2.41. The zero-order valence-electron chi connectivity index (χ0n) is 14.4. The zero-order chi connectivity index (χ0) is 15.4. The third-order valence-corrected chi connectivity index (χ3v) is 4.55. The molecular formula is C19H32N2. The van der Waals surface area contributed by atoms with Crippen LogP contribution in [0.2, 0.25) is 0 Å². The number of hydrogen-bond donors (Lipinski definition) is 1. The number of nitrogens with one attached hydrogen (secondary N) is 1. The minimum absolute atomic E-state index is 0.653.